The van der Waals surface area contributed by atoms with Gasteiger partial charge in [-0.2, -0.15) is 0 Å². The van der Waals surface area contributed by atoms with Gasteiger partial charge in [-0.1, -0.05) is 25.0 Å². The van der Waals surface area contributed by atoms with Crippen molar-refractivity contribution in [2.45, 2.75) is 32.1 Å². The van der Waals surface area contributed by atoms with Gasteiger partial charge < -0.3 is 10.4 Å². The minimum absolute atomic E-state index is 0.0112. The van der Waals surface area contributed by atoms with Gasteiger partial charge in [0.15, 0.2) is 0 Å². The fourth-order valence-corrected chi connectivity index (χ4v) is 2.83. The van der Waals surface area contributed by atoms with E-state index in [1.807, 2.05) is 0 Å². The van der Waals surface area contributed by atoms with Gasteiger partial charge >= 0.3 is 0 Å². The topological polar surface area (TPSA) is 92.5 Å². The van der Waals surface area contributed by atoms with E-state index in [9.17, 15) is 20.0 Å². The second-order valence-electron chi connectivity index (χ2n) is 5.75. The van der Waals surface area contributed by atoms with Crippen molar-refractivity contribution in [2.75, 3.05) is 13.2 Å². The number of aliphatic hydroxyl groups excluding tert-OH is 1. The monoisotopic (exact) mass is 292 g/mol. The molecule has 1 saturated carbocycles. The van der Waals surface area contributed by atoms with Gasteiger partial charge in [0.1, 0.15) is 0 Å². The standard InChI is InChI=1S/C15H20N2O4/c18-11-15(6-1-2-7-15)10-16-14(19)9-12-4-3-5-13(8-12)17(20)21/h3-5,8,18H,1-2,6-7,9-11H2,(H,16,19). The minimum Gasteiger partial charge on any atom is -0.396 e. The van der Waals surface area contributed by atoms with E-state index < -0.39 is 4.92 Å². The molecule has 0 bridgehead atoms. The molecule has 21 heavy (non-hydrogen) atoms. The number of nitrogens with zero attached hydrogens (tertiary/aromatic N) is 1. The molecule has 6 heteroatoms. The first-order valence-corrected chi connectivity index (χ1v) is 7.16. The summed E-state index contributed by atoms with van der Waals surface area (Å²) in [5.74, 6) is -0.171. The van der Waals surface area contributed by atoms with Crippen LogP contribution < -0.4 is 5.32 Å². The number of aliphatic hydroxyl groups is 1. The van der Waals surface area contributed by atoms with Crippen molar-refractivity contribution >= 4 is 11.6 Å². The molecule has 6 nitrogen and oxygen atoms in total. The number of rotatable bonds is 6. The average Bonchev–Trinajstić information content (AvgIpc) is 2.95. The number of amides is 1. The van der Waals surface area contributed by atoms with Gasteiger partial charge in [0, 0.05) is 24.1 Å². The lowest BCUT2D eigenvalue weighted by molar-refractivity contribution is -0.384. The van der Waals surface area contributed by atoms with Gasteiger partial charge in [-0.05, 0) is 18.4 Å². The fraction of sp³-hybridized carbons (Fsp3) is 0.533. The second-order valence-corrected chi connectivity index (χ2v) is 5.75. The molecule has 0 spiro atoms. The van der Waals surface area contributed by atoms with Crippen molar-refractivity contribution in [3.63, 3.8) is 0 Å². The van der Waals surface area contributed by atoms with Crippen LogP contribution in [0.4, 0.5) is 5.69 Å². The zero-order valence-corrected chi connectivity index (χ0v) is 11.9. The highest BCUT2D eigenvalue weighted by molar-refractivity contribution is 5.78. The number of hydrogen-bond donors (Lipinski definition) is 2. The van der Waals surface area contributed by atoms with Gasteiger partial charge in [0.05, 0.1) is 18.0 Å². The first kappa shape index (κ1) is 15.4. The third kappa shape index (κ3) is 4.01. The van der Waals surface area contributed by atoms with E-state index in [1.165, 1.54) is 12.1 Å². The summed E-state index contributed by atoms with van der Waals surface area (Å²) in [6.45, 7) is 0.557. The Morgan fingerprint density at radius 1 is 1.38 bits per heavy atom. The Hall–Kier alpha value is -1.95. The van der Waals surface area contributed by atoms with E-state index in [2.05, 4.69) is 5.32 Å². The van der Waals surface area contributed by atoms with Crippen molar-refractivity contribution in [1.29, 1.82) is 0 Å². The molecule has 0 saturated heterocycles. The molecule has 0 aromatic heterocycles. The molecule has 1 fully saturated rings. The Morgan fingerprint density at radius 2 is 2.10 bits per heavy atom. The Bertz CT molecular complexity index is 524. The maximum absolute atomic E-state index is 11.9. The average molecular weight is 292 g/mol. The summed E-state index contributed by atoms with van der Waals surface area (Å²) >= 11 is 0. The molecule has 0 heterocycles. The number of nitrogens with one attached hydrogen (secondary N) is 1. The van der Waals surface area contributed by atoms with Crippen molar-refractivity contribution < 1.29 is 14.8 Å². The summed E-state index contributed by atoms with van der Waals surface area (Å²) in [5, 5.41) is 23.0. The van der Waals surface area contributed by atoms with E-state index in [0.717, 1.165) is 25.7 Å². The maximum Gasteiger partial charge on any atom is 0.269 e. The molecular weight excluding hydrogens is 272 g/mol. The lowest BCUT2D eigenvalue weighted by Crippen LogP contribution is -2.38. The van der Waals surface area contributed by atoms with Crippen molar-refractivity contribution in [3.8, 4) is 0 Å². The third-order valence-corrected chi connectivity index (χ3v) is 4.15. The summed E-state index contributed by atoms with van der Waals surface area (Å²) < 4.78 is 0. The van der Waals surface area contributed by atoms with E-state index >= 15 is 0 Å². The summed E-state index contributed by atoms with van der Waals surface area (Å²) in [6, 6.07) is 6.09. The maximum atomic E-state index is 11.9. The van der Waals surface area contributed by atoms with Crippen LogP contribution in [0.25, 0.3) is 0 Å². The van der Waals surface area contributed by atoms with E-state index in [4.69, 9.17) is 0 Å². The van der Waals surface area contributed by atoms with Crippen LogP contribution in [-0.4, -0.2) is 29.1 Å². The zero-order chi connectivity index (χ0) is 15.3. The predicted octanol–water partition coefficient (Wildman–Crippen LogP) is 1.81. The molecular formula is C15H20N2O4. The number of carbonyl (C=O) groups excluding carboxylic acids is 1. The lowest BCUT2D eigenvalue weighted by atomic mass is 9.87. The summed E-state index contributed by atoms with van der Waals surface area (Å²) in [4.78, 5) is 22.2. The fourth-order valence-electron chi connectivity index (χ4n) is 2.83. The Labute approximate surface area is 123 Å². The van der Waals surface area contributed by atoms with Crippen molar-refractivity contribution in [1.82, 2.24) is 5.32 Å². The number of nitro groups is 1. The van der Waals surface area contributed by atoms with Crippen LogP contribution in [0.15, 0.2) is 24.3 Å². The Morgan fingerprint density at radius 3 is 2.71 bits per heavy atom. The van der Waals surface area contributed by atoms with Crippen molar-refractivity contribution in [2.24, 2.45) is 5.41 Å². The molecule has 114 valence electrons. The summed E-state index contributed by atoms with van der Waals surface area (Å²) in [5.41, 5.74) is 0.423. The number of carbonyl (C=O) groups is 1. The minimum atomic E-state index is -0.472. The van der Waals surface area contributed by atoms with Crippen LogP contribution >= 0.6 is 0 Å². The molecule has 2 N–H and O–H groups in total. The zero-order valence-electron chi connectivity index (χ0n) is 11.9. The first-order chi connectivity index (χ1) is 10.0. The highest BCUT2D eigenvalue weighted by Crippen LogP contribution is 2.36. The molecule has 0 atom stereocenters. The number of nitro benzene ring substituents is 1. The van der Waals surface area contributed by atoms with Crippen LogP contribution in [0.3, 0.4) is 0 Å². The molecule has 0 aliphatic heterocycles. The molecule has 1 aliphatic carbocycles. The highest BCUT2D eigenvalue weighted by Gasteiger charge is 2.33. The summed E-state index contributed by atoms with van der Waals surface area (Å²) in [6.07, 6.45) is 4.15. The van der Waals surface area contributed by atoms with E-state index in [1.54, 1.807) is 12.1 Å². The molecule has 1 amide bonds. The number of benzene rings is 1. The number of hydrogen-bond acceptors (Lipinski definition) is 4. The first-order valence-electron chi connectivity index (χ1n) is 7.16. The predicted molar refractivity (Wildman–Crippen MR) is 77.8 cm³/mol. The Kier molecular flexibility index (Phi) is 4.90. The largest absolute Gasteiger partial charge is 0.396 e. The smallest absolute Gasteiger partial charge is 0.269 e. The van der Waals surface area contributed by atoms with Crippen LogP contribution in [-0.2, 0) is 11.2 Å². The van der Waals surface area contributed by atoms with E-state index in [-0.39, 0.29) is 30.0 Å². The quantitative estimate of drug-likeness (QED) is 0.617. The molecule has 1 aliphatic rings. The SMILES string of the molecule is O=C(Cc1cccc([N+](=O)[O-])c1)NCC1(CO)CCCC1. The van der Waals surface area contributed by atoms with E-state index in [0.29, 0.717) is 12.1 Å². The molecule has 1 aromatic carbocycles. The second kappa shape index (κ2) is 6.67. The molecule has 0 radical (unpaired) electrons. The van der Waals surface area contributed by atoms with Crippen LogP contribution in [0.2, 0.25) is 0 Å². The summed E-state index contributed by atoms with van der Waals surface area (Å²) in [7, 11) is 0. The molecule has 1 aromatic rings. The van der Waals surface area contributed by atoms with Gasteiger partial charge in [-0.25, -0.2) is 0 Å². The van der Waals surface area contributed by atoms with Crippen LogP contribution in [0, 0.1) is 15.5 Å². The van der Waals surface area contributed by atoms with Gasteiger partial charge in [0.2, 0.25) is 5.91 Å². The molecule has 0 unspecified atom stereocenters. The normalized spacial score (nSPS) is 16.6. The van der Waals surface area contributed by atoms with Crippen LogP contribution in [0.1, 0.15) is 31.2 Å². The third-order valence-electron chi connectivity index (χ3n) is 4.15. The lowest BCUT2D eigenvalue weighted by Gasteiger charge is -2.26. The van der Waals surface area contributed by atoms with Crippen molar-refractivity contribution in [3.05, 3.63) is 39.9 Å². The highest BCUT2D eigenvalue weighted by atomic mass is 16.6. The number of non-ortho nitro benzene ring substituents is 1. The molecule has 2 rings (SSSR count). The van der Waals surface area contributed by atoms with Gasteiger partial charge in [-0.15, -0.1) is 0 Å². The van der Waals surface area contributed by atoms with Gasteiger partial charge in [0.25, 0.3) is 5.69 Å². The van der Waals surface area contributed by atoms with Gasteiger partial charge in [-0.3, -0.25) is 14.9 Å². The van der Waals surface area contributed by atoms with Crippen LogP contribution in [0.5, 0.6) is 0 Å². The Balaban J connectivity index is 1.90.